The van der Waals surface area contributed by atoms with Crippen LogP contribution in [0.1, 0.15) is 16.1 Å². The monoisotopic (exact) mass is 329 g/mol. The third-order valence-corrected chi connectivity index (χ3v) is 5.23. The summed E-state index contributed by atoms with van der Waals surface area (Å²) in [5.74, 6) is -0.530. The third kappa shape index (κ3) is 3.85. The number of aromatic nitrogens is 1. The van der Waals surface area contributed by atoms with Gasteiger partial charge in [-0.1, -0.05) is 0 Å². The van der Waals surface area contributed by atoms with E-state index in [9.17, 15) is 12.8 Å². The molecule has 0 amide bonds. The Morgan fingerprint density at radius 2 is 2.10 bits per heavy atom. The minimum absolute atomic E-state index is 0.0377. The molecular weight excluding hydrogens is 313 g/mol. The standard InChI is InChI=1S/C13H16FN3O2S2/c1-9-11(14)5-10(7-15-2)6-12(9)21(18,19)17-8-13-16-3-4-20-13/h3-6,15,17H,7-8H2,1-2H3. The number of thiazole rings is 1. The number of hydrogen-bond donors (Lipinski definition) is 2. The minimum atomic E-state index is -3.78. The zero-order valence-electron chi connectivity index (χ0n) is 11.7. The van der Waals surface area contributed by atoms with Crippen molar-refractivity contribution in [1.82, 2.24) is 15.0 Å². The number of sulfonamides is 1. The van der Waals surface area contributed by atoms with Crippen LogP contribution in [0.4, 0.5) is 4.39 Å². The summed E-state index contributed by atoms with van der Waals surface area (Å²) in [6.45, 7) is 1.94. The molecule has 0 radical (unpaired) electrons. The summed E-state index contributed by atoms with van der Waals surface area (Å²) in [5, 5.41) is 5.30. The van der Waals surface area contributed by atoms with Crippen LogP contribution in [0.25, 0.3) is 0 Å². The molecule has 2 rings (SSSR count). The lowest BCUT2D eigenvalue weighted by molar-refractivity contribution is 0.573. The highest BCUT2D eigenvalue weighted by Gasteiger charge is 2.20. The summed E-state index contributed by atoms with van der Waals surface area (Å²) >= 11 is 1.36. The van der Waals surface area contributed by atoms with Crippen LogP contribution in [-0.4, -0.2) is 20.4 Å². The second kappa shape index (κ2) is 6.61. The van der Waals surface area contributed by atoms with E-state index < -0.39 is 15.8 Å². The maximum absolute atomic E-state index is 13.9. The minimum Gasteiger partial charge on any atom is -0.316 e. The zero-order valence-corrected chi connectivity index (χ0v) is 13.3. The number of rotatable bonds is 6. The summed E-state index contributed by atoms with van der Waals surface area (Å²) in [6.07, 6.45) is 1.60. The molecule has 1 aromatic carbocycles. The van der Waals surface area contributed by atoms with E-state index in [0.29, 0.717) is 17.1 Å². The van der Waals surface area contributed by atoms with E-state index in [0.717, 1.165) is 0 Å². The van der Waals surface area contributed by atoms with Crippen molar-refractivity contribution in [3.63, 3.8) is 0 Å². The molecule has 0 aliphatic rings. The van der Waals surface area contributed by atoms with Crippen LogP contribution in [0.5, 0.6) is 0 Å². The first-order valence-corrected chi connectivity index (χ1v) is 8.62. The van der Waals surface area contributed by atoms with Crippen LogP contribution >= 0.6 is 11.3 Å². The van der Waals surface area contributed by atoms with Crippen LogP contribution < -0.4 is 10.0 Å². The molecule has 0 atom stereocenters. The first kappa shape index (κ1) is 16.0. The van der Waals surface area contributed by atoms with Crippen LogP contribution in [0.3, 0.4) is 0 Å². The fourth-order valence-corrected chi connectivity index (χ4v) is 3.80. The van der Waals surface area contributed by atoms with Gasteiger partial charge in [-0.15, -0.1) is 11.3 Å². The largest absolute Gasteiger partial charge is 0.316 e. The number of hydrogen-bond acceptors (Lipinski definition) is 5. The number of nitrogens with one attached hydrogen (secondary N) is 2. The summed E-state index contributed by atoms with van der Waals surface area (Å²) in [7, 11) is -2.07. The van der Waals surface area contributed by atoms with Gasteiger partial charge in [-0.2, -0.15) is 0 Å². The Hall–Kier alpha value is -1.35. The van der Waals surface area contributed by atoms with Crippen LogP contribution in [0, 0.1) is 12.7 Å². The van der Waals surface area contributed by atoms with Gasteiger partial charge in [0.25, 0.3) is 0 Å². The molecule has 5 nitrogen and oxygen atoms in total. The average Bonchev–Trinajstić information content (AvgIpc) is 2.94. The molecule has 0 bridgehead atoms. The van der Waals surface area contributed by atoms with Crippen molar-refractivity contribution in [3.05, 3.63) is 45.7 Å². The van der Waals surface area contributed by atoms with Crippen molar-refractivity contribution in [2.75, 3.05) is 7.05 Å². The van der Waals surface area contributed by atoms with Gasteiger partial charge in [-0.05, 0) is 31.7 Å². The van der Waals surface area contributed by atoms with Crippen molar-refractivity contribution in [2.24, 2.45) is 0 Å². The molecule has 1 aromatic heterocycles. The Morgan fingerprint density at radius 1 is 1.33 bits per heavy atom. The van der Waals surface area contributed by atoms with Crippen molar-refractivity contribution < 1.29 is 12.8 Å². The van der Waals surface area contributed by atoms with Gasteiger partial charge in [0, 0.05) is 23.7 Å². The Balaban J connectivity index is 2.30. The third-order valence-electron chi connectivity index (χ3n) is 2.92. The van der Waals surface area contributed by atoms with Gasteiger partial charge >= 0.3 is 0 Å². The van der Waals surface area contributed by atoms with Gasteiger partial charge < -0.3 is 5.32 Å². The van der Waals surface area contributed by atoms with Gasteiger partial charge in [0.05, 0.1) is 11.4 Å². The second-order valence-electron chi connectivity index (χ2n) is 4.48. The lowest BCUT2D eigenvalue weighted by atomic mass is 10.1. The maximum atomic E-state index is 13.9. The molecular formula is C13H16FN3O2S2. The summed E-state index contributed by atoms with van der Waals surface area (Å²) in [5.41, 5.74) is 0.691. The van der Waals surface area contributed by atoms with Gasteiger partial charge in [0.2, 0.25) is 10.0 Å². The Morgan fingerprint density at radius 3 is 2.71 bits per heavy atom. The molecule has 0 aliphatic heterocycles. The molecule has 8 heteroatoms. The number of nitrogens with zero attached hydrogens (tertiary/aromatic N) is 1. The predicted octanol–water partition coefficient (Wildman–Crippen LogP) is 1.79. The van der Waals surface area contributed by atoms with E-state index in [1.54, 1.807) is 18.6 Å². The van der Waals surface area contributed by atoms with E-state index in [2.05, 4.69) is 15.0 Å². The highest BCUT2D eigenvalue weighted by Crippen LogP contribution is 2.21. The lowest BCUT2D eigenvalue weighted by Crippen LogP contribution is -2.24. The quantitative estimate of drug-likeness (QED) is 0.847. The van der Waals surface area contributed by atoms with E-state index in [1.807, 2.05) is 0 Å². The molecule has 114 valence electrons. The van der Waals surface area contributed by atoms with E-state index in [4.69, 9.17) is 0 Å². The summed E-state index contributed by atoms with van der Waals surface area (Å²) < 4.78 is 41.0. The van der Waals surface area contributed by atoms with Crippen molar-refractivity contribution in [1.29, 1.82) is 0 Å². The molecule has 2 aromatic rings. The van der Waals surface area contributed by atoms with Crippen LogP contribution in [-0.2, 0) is 23.1 Å². The molecule has 0 fully saturated rings. The smallest absolute Gasteiger partial charge is 0.241 e. The predicted molar refractivity (Wildman–Crippen MR) is 80.0 cm³/mol. The average molecular weight is 329 g/mol. The highest BCUT2D eigenvalue weighted by molar-refractivity contribution is 7.89. The molecule has 0 aliphatic carbocycles. The molecule has 0 saturated heterocycles. The van der Waals surface area contributed by atoms with Crippen molar-refractivity contribution in [3.8, 4) is 0 Å². The topological polar surface area (TPSA) is 71.1 Å². The molecule has 1 heterocycles. The SMILES string of the molecule is CNCc1cc(F)c(C)c(S(=O)(=O)NCc2nccs2)c1. The van der Waals surface area contributed by atoms with Crippen molar-refractivity contribution in [2.45, 2.75) is 24.9 Å². The Labute approximate surface area is 127 Å². The van der Waals surface area contributed by atoms with Gasteiger partial charge in [-0.25, -0.2) is 22.5 Å². The number of benzene rings is 1. The molecule has 0 unspecified atom stereocenters. The second-order valence-corrected chi connectivity index (χ2v) is 7.20. The summed E-state index contributed by atoms with van der Waals surface area (Å²) in [4.78, 5) is 3.97. The first-order chi connectivity index (χ1) is 9.94. The molecule has 2 N–H and O–H groups in total. The molecule has 0 saturated carbocycles. The van der Waals surface area contributed by atoms with Gasteiger partial charge in [0.15, 0.2) is 0 Å². The van der Waals surface area contributed by atoms with Crippen LogP contribution in [0.15, 0.2) is 28.6 Å². The maximum Gasteiger partial charge on any atom is 0.241 e. The number of halogens is 1. The fourth-order valence-electron chi connectivity index (χ4n) is 1.87. The van der Waals surface area contributed by atoms with Gasteiger partial charge in [0.1, 0.15) is 10.8 Å². The first-order valence-electron chi connectivity index (χ1n) is 6.25. The van der Waals surface area contributed by atoms with E-state index in [-0.39, 0.29) is 17.0 Å². The fraction of sp³-hybridized carbons (Fsp3) is 0.308. The van der Waals surface area contributed by atoms with Gasteiger partial charge in [-0.3, -0.25) is 0 Å². The van der Waals surface area contributed by atoms with Crippen molar-refractivity contribution >= 4 is 21.4 Å². The Bertz CT molecular complexity index is 715. The molecule has 21 heavy (non-hydrogen) atoms. The zero-order chi connectivity index (χ0) is 15.5. The molecule has 0 spiro atoms. The highest BCUT2D eigenvalue weighted by atomic mass is 32.2. The van der Waals surface area contributed by atoms with E-state index in [1.165, 1.54) is 30.4 Å². The normalized spacial score (nSPS) is 11.8. The summed E-state index contributed by atoms with van der Waals surface area (Å²) in [6, 6.07) is 2.82. The van der Waals surface area contributed by atoms with E-state index >= 15 is 0 Å². The van der Waals surface area contributed by atoms with Crippen LogP contribution in [0.2, 0.25) is 0 Å². The lowest BCUT2D eigenvalue weighted by Gasteiger charge is -2.11. The Kier molecular flexibility index (Phi) is 5.04.